The Labute approximate surface area is 123 Å². The molecular formula is C13H20N3OPt+. The van der Waals surface area contributed by atoms with Gasteiger partial charge in [-0.1, -0.05) is 24.3 Å². The van der Waals surface area contributed by atoms with E-state index in [1.807, 2.05) is 0 Å². The van der Waals surface area contributed by atoms with Crippen LogP contribution in [0.5, 0.6) is 0 Å². The first-order chi connectivity index (χ1) is 7.79. The van der Waals surface area contributed by atoms with Gasteiger partial charge >= 0.3 is 26.8 Å². The van der Waals surface area contributed by atoms with Crippen LogP contribution in [0.2, 0.25) is 0 Å². The van der Waals surface area contributed by atoms with Gasteiger partial charge < -0.3 is 13.2 Å². The van der Waals surface area contributed by atoms with Gasteiger partial charge in [0.05, 0.1) is 0 Å². The Balaban J connectivity index is 0. The number of H-pyrrole nitrogens is 1. The van der Waals surface area contributed by atoms with Crippen LogP contribution in [0.15, 0.2) is 41.4 Å². The molecule has 102 valence electrons. The topological polar surface area (TPSA) is 71.8 Å². The molecule has 0 amide bonds. The Morgan fingerprint density at radius 3 is 1.78 bits per heavy atom. The SMILES string of the molecule is C1=C\CC/C=C\CC/1.Nc1ccnc(=O)[nH]1.[CH3-].[Pt+2]. The fraction of sp³-hybridized carbons (Fsp3) is 0.308. The summed E-state index contributed by atoms with van der Waals surface area (Å²) >= 11 is 0. The monoisotopic (exact) mass is 429 g/mol. The molecule has 1 aromatic heterocycles. The van der Waals surface area contributed by atoms with E-state index in [-0.39, 0.29) is 28.5 Å². The van der Waals surface area contributed by atoms with Crippen LogP contribution in [0.4, 0.5) is 5.82 Å². The predicted molar refractivity (Wildman–Crippen MR) is 72.4 cm³/mol. The fourth-order valence-electron chi connectivity index (χ4n) is 1.24. The molecule has 0 spiro atoms. The maximum atomic E-state index is 10.2. The summed E-state index contributed by atoms with van der Waals surface area (Å²) in [6.07, 6.45) is 15.4. The third-order valence-corrected chi connectivity index (χ3v) is 2.03. The molecule has 0 radical (unpaired) electrons. The molecule has 2 rings (SSSR count). The summed E-state index contributed by atoms with van der Waals surface area (Å²) in [4.78, 5) is 15.9. The molecule has 0 aromatic carbocycles. The number of nitrogens with one attached hydrogen (secondary N) is 1. The molecule has 1 heterocycles. The third-order valence-electron chi connectivity index (χ3n) is 2.03. The van der Waals surface area contributed by atoms with E-state index in [2.05, 4.69) is 34.3 Å². The molecule has 0 saturated carbocycles. The van der Waals surface area contributed by atoms with Crippen molar-refractivity contribution in [2.75, 3.05) is 5.73 Å². The van der Waals surface area contributed by atoms with Gasteiger partial charge in [-0.3, -0.25) is 4.98 Å². The summed E-state index contributed by atoms with van der Waals surface area (Å²) in [5.41, 5.74) is 4.75. The van der Waals surface area contributed by atoms with Crippen molar-refractivity contribution in [3.8, 4) is 0 Å². The molecule has 1 aromatic rings. The normalized spacial score (nSPS) is 16.4. The Morgan fingerprint density at radius 1 is 1.06 bits per heavy atom. The number of nitrogen functional groups attached to an aromatic ring is 1. The summed E-state index contributed by atoms with van der Waals surface area (Å²) in [6, 6.07) is 1.52. The molecule has 4 nitrogen and oxygen atoms in total. The van der Waals surface area contributed by atoms with E-state index in [1.54, 1.807) is 0 Å². The first-order valence-electron chi connectivity index (χ1n) is 5.40. The number of aromatic amines is 1. The number of aromatic nitrogens is 2. The van der Waals surface area contributed by atoms with Crippen LogP contribution in [0.3, 0.4) is 0 Å². The zero-order valence-corrected chi connectivity index (χ0v) is 12.8. The van der Waals surface area contributed by atoms with Crippen LogP contribution < -0.4 is 11.4 Å². The quantitative estimate of drug-likeness (QED) is 0.492. The van der Waals surface area contributed by atoms with Crippen LogP contribution in [0.1, 0.15) is 25.7 Å². The van der Waals surface area contributed by atoms with Crippen molar-refractivity contribution in [1.29, 1.82) is 0 Å². The Bertz CT molecular complexity index is 387. The van der Waals surface area contributed by atoms with Gasteiger partial charge in [-0.05, 0) is 31.7 Å². The van der Waals surface area contributed by atoms with E-state index in [4.69, 9.17) is 5.73 Å². The zero-order valence-electron chi connectivity index (χ0n) is 10.5. The van der Waals surface area contributed by atoms with Gasteiger partial charge in [-0.25, -0.2) is 9.78 Å². The second-order valence-corrected chi connectivity index (χ2v) is 3.43. The van der Waals surface area contributed by atoms with Crippen LogP contribution in [0, 0.1) is 7.43 Å². The minimum Gasteiger partial charge on any atom is -0.385 e. The summed E-state index contributed by atoms with van der Waals surface area (Å²) in [7, 11) is 0. The number of nitrogens with zero attached hydrogens (tertiary/aromatic N) is 1. The Hall–Kier alpha value is -1.15. The maximum absolute atomic E-state index is 10.2. The van der Waals surface area contributed by atoms with Gasteiger partial charge in [0.15, 0.2) is 0 Å². The second kappa shape index (κ2) is 12.3. The van der Waals surface area contributed by atoms with Crippen LogP contribution in [-0.2, 0) is 21.1 Å². The first kappa shape index (κ1) is 19.2. The molecule has 5 heteroatoms. The molecule has 0 bridgehead atoms. The average Bonchev–Trinajstić information content (AvgIpc) is 2.16. The number of nitrogens with two attached hydrogens (primary N) is 1. The minimum atomic E-state index is -0.412. The van der Waals surface area contributed by atoms with Crippen molar-refractivity contribution in [1.82, 2.24) is 9.97 Å². The van der Waals surface area contributed by atoms with E-state index in [0.717, 1.165) is 0 Å². The van der Waals surface area contributed by atoms with Crippen LogP contribution in [0.25, 0.3) is 0 Å². The van der Waals surface area contributed by atoms with E-state index < -0.39 is 5.69 Å². The summed E-state index contributed by atoms with van der Waals surface area (Å²) in [5.74, 6) is 0.338. The summed E-state index contributed by atoms with van der Waals surface area (Å²) in [6.45, 7) is 0. The van der Waals surface area contributed by atoms with E-state index >= 15 is 0 Å². The van der Waals surface area contributed by atoms with E-state index in [0.29, 0.717) is 5.82 Å². The van der Waals surface area contributed by atoms with E-state index in [9.17, 15) is 4.79 Å². The number of anilines is 1. The van der Waals surface area contributed by atoms with Crippen molar-refractivity contribution in [2.24, 2.45) is 0 Å². The largest absolute Gasteiger partial charge is 2.00 e. The Morgan fingerprint density at radius 2 is 1.50 bits per heavy atom. The third kappa shape index (κ3) is 10.0. The standard InChI is InChI=1S/C8H12.C4H5N3O.CH3.Pt/c1-2-4-6-8-7-5-3-1;5-3-1-2-6-4(8)7-3;;/h1-2,7-8H,3-6H2;1-2H,(H3,5,6,7,8);1H3;/q;;-1;+2/b2-1-,8-7-;;;. The number of hydrogen-bond donors (Lipinski definition) is 2. The molecular weight excluding hydrogens is 409 g/mol. The smallest absolute Gasteiger partial charge is 0.385 e. The molecule has 0 aliphatic heterocycles. The van der Waals surface area contributed by atoms with Crippen molar-refractivity contribution >= 4 is 5.82 Å². The Kier molecular flexibility index (Phi) is 13.1. The zero-order chi connectivity index (χ0) is 11.6. The molecule has 18 heavy (non-hydrogen) atoms. The van der Waals surface area contributed by atoms with Crippen molar-refractivity contribution in [2.45, 2.75) is 25.7 Å². The summed E-state index contributed by atoms with van der Waals surface area (Å²) in [5, 5.41) is 0. The average molecular weight is 429 g/mol. The molecule has 1 aliphatic carbocycles. The number of allylic oxidation sites excluding steroid dienone is 4. The molecule has 0 unspecified atom stereocenters. The van der Waals surface area contributed by atoms with Gasteiger partial charge in [-0.2, -0.15) is 0 Å². The molecule has 0 fully saturated rings. The van der Waals surface area contributed by atoms with Gasteiger partial charge in [0.25, 0.3) is 0 Å². The van der Waals surface area contributed by atoms with Crippen molar-refractivity contribution in [3.63, 3.8) is 0 Å². The fourth-order valence-corrected chi connectivity index (χ4v) is 1.24. The molecule has 1 aliphatic rings. The van der Waals surface area contributed by atoms with Crippen molar-refractivity contribution in [3.05, 3.63) is 54.5 Å². The minimum absolute atomic E-state index is 0. The van der Waals surface area contributed by atoms with Crippen LogP contribution >= 0.6 is 0 Å². The number of hydrogen-bond acceptors (Lipinski definition) is 3. The second-order valence-electron chi connectivity index (χ2n) is 3.43. The van der Waals surface area contributed by atoms with Gasteiger partial charge in [0, 0.05) is 6.20 Å². The molecule has 3 N–H and O–H groups in total. The van der Waals surface area contributed by atoms with Crippen molar-refractivity contribution < 1.29 is 21.1 Å². The molecule has 0 saturated heterocycles. The van der Waals surface area contributed by atoms with Gasteiger partial charge in [0.2, 0.25) is 0 Å². The first-order valence-corrected chi connectivity index (χ1v) is 5.40. The predicted octanol–water partition coefficient (Wildman–Crippen LogP) is 2.47. The maximum Gasteiger partial charge on any atom is 2.00 e. The molecule has 0 atom stereocenters. The summed E-state index contributed by atoms with van der Waals surface area (Å²) < 4.78 is 0. The van der Waals surface area contributed by atoms with Crippen LogP contribution in [-0.4, -0.2) is 9.97 Å². The van der Waals surface area contributed by atoms with E-state index in [1.165, 1.54) is 37.9 Å². The van der Waals surface area contributed by atoms with Gasteiger partial charge in [0.1, 0.15) is 5.82 Å². The van der Waals surface area contributed by atoms with Gasteiger partial charge in [-0.15, -0.1) is 0 Å². The number of rotatable bonds is 0.